The molecule has 2 heterocycles. The van der Waals surface area contributed by atoms with Crippen LogP contribution < -0.4 is 15.4 Å². The zero-order valence-corrected chi connectivity index (χ0v) is 14.5. The van der Waals surface area contributed by atoms with Gasteiger partial charge in [-0.1, -0.05) is 12.1 Å². The minimum absolute atomic E-state index is 0.0293. The lowest BCUT2D eigenvalue weighted by molar-refractivity contribution is -0.126. The predicted molar refractivity (Wildman–Crippen MR) is 93.7 cm³/mol. The van der Waals surface area contributed by atoms with Gasteiger partial charge in [-0.2, -0.15) is 0 Å². The average Bonchev–Trinajstić information content (AvgIpc) is 2.68. The van der Waals surface area contributed by atoms with Crippen LogP contribution in [0.15, 0.2) is 24.3 Å². The Bertz CT molecular complexity index is 543. The minimum Gasteiger partial charge on any atom is -0.492 e. The van der Waals surface area contributed by atoms with E-state index in [4.69, 9.17) is 14.2 Å². The molecular formula is C18H27N3O4. The van der Waals surface area contributed by atoms with Gasteiger partial charge in [-0.25, -0.2) is 0 Å². The Morgan fingerprint density at radius 2 is 2.16 bits per heavy atom. The number of morpholine rings is 2. The van der Waals surface area contributed by atoms with Crippen LogP contribution >= 0.6 is 0 Å². The summed E-state index contributed by atoms with van der Waals surface area (Å²) in [5, 5.41) is 6.09. The number of hydrogen-bond donors (Lipinski definition) is 2. The first-order valence-corrected chi connectivity index (χ1v) is 8.92. The van der Waals surface area contributed by atoms with Gasteiger partial charge in [0.15, 0.2) is 0 Å². The fourth-order valence-corrected chi connectivity index (χ4v) is 2.91. The second-order valence-corrected chi connectivity index (χ2v) is 6.25. The number of rotatable bonds is 7. The van der Waals surface area contributed by atoms with Gasteiger partial charge >= 0.3 is 0 Å². The molecule has 7 heteroatoms. The van der Waals surface area contributed by atoms with E-state index in [1.54, 1.807) is 0 Å². The van der Waals surface area contributed by atoms with Crippen molar-refractivity contribution in [1.82, 2.24) is 15.5 Å². The van der Waals surface area contributed by atoms with Crippen molar-refractivity contribution in [3.05, 3.63) is 29.8 Å². The zero-order chi connectivity index (χ0) is 17.3. The van der Waals surface area contributed by atoms with Gasteiger partial charge in [0.2, 0.25) is 5.91 Å². The van der Waals surface area contributed by atoms with Crippen LogP contribution in [0.2, 0.25) is 0 Å². The van der Waals surface area contributed by atoms with Crippen molar-refractivity contribution in [2.24, 2.45) is 0 Å². The molecule has 1 amide bonds. The summed E-state index contributed by atoms with van der Waals surface area (Å²) in [7, 11) is 0. The van der Waals surface area contributed by atoms with Crippen molar-refractivity contribution in [3.8, 4) is 5.75 Å². The van der Waals surface area contributed by atoms with Gasteiger partial charge in [-0.15, -0.1) is 0 Å². The highest BCUT2D eigenvalue weighted by Gasteiger charge is 2.20. The van der Waals surface area contributed by atoms with Gasteiger partial charge in [-0.3, -0.25) is 9.69 Å². The summed E-state index contributed by atoms with van der Waals surface area (Å²) in [5.74, 6) is 0.803. The standard InChI is InChI=1S/C18H27N3O4/c22-18(17-14-24-8-4-19-17)20-13-15-2-1-3-16(12-15)25-11-7-21-5-9-23-10-6-21/h1-3,12,17,19H,4-11,13-14H2,(H,20,22). The quantitative estimate of drug-likeness (QED) is 0.722. The molecule has 1 unspecified atom stereocenters. The highest BCUT2D eigenvalue weighted by Crippen LogP contribution is 2.13. The topological polar surface area (TPSA) is 72.1 Å². The van der Waals surface area contributed by atoms with Gasteiger partial charge in [-0.05, 0) is 17.7 Å². The number of carbonyl (C=O) groups is 1. The van der Waals surface area contributed by atoms with Crippen LogP contribution in [0, 0.1) is 0 Å². The minimum atomic E-state index is -0.262. The predicted octanol–water partition coefficient (Wildman–Crippen LogP) is 0.00220. The zero-order valence-electron chi connectivity index (χ0n) is 14.5. The Kier molecular flexibility index (Phi) is 7.05. The van der Waals surface area contributed by atoms with Crippen molar-refractivity contribution in [2.75, 3.05) is 59.2 Å². The number of benzene rings is 1. The third kappa shape index (κ3) is 5.97. The van der Waals surface area contributed by atoms with Crippen LogP contribution in [0.5, 0.6) is 5.75 Å². The lowest BCUT2D eigenvalue weighted by Crippen LogP contribution is -2.51. The largest absolute Gasteiger partial charge is 0.492 e. The van der Waals surface area contributed by atoms with Gasteiger partial charge in [0.1, 0.15) is 18.4 Å². The van der Waals surface area contributed by atoms with E-state index in [2.05, 4.69) is 15.5 Å². The van der Waals surface area contributed by atoms with Crippen molar-refractivity contribution >= 4 is 5.91 Å². The molecule has 7 nitrogen and oxygen atoms in total. The van der Waals surface area contributed by atoms with Crippen LogP contribution in [0.4, 0.5) is 0 Å². The summed E-state index contributed by atoms with van der Waals surface area (Å²) in [6.45, 7) is 7.37. The molecule has 0 spiro atoms. The normalized spacial score (nSPS) is 21.7. The SMILES string of the molecule is O=C(NCc1cccc(OCCN2CCOCC2)c1)C1COCCN1. The van der Waals surface area contributed by atoms with E-state index in [-0.39, 0.29) is 11.9 Å². The van der Waals surface area contributed by atoms with E-state index in [1.165, 1.54) is 0 Å². The number of ether oxygens (including phenoxy) is 3. The summed E-state index contributed by atoms with van der Waals surface area (Å²) in [6.07, 6.45) is 0. The van der Waals surface area contributed by atoms with Crippen molar-refractivity contribution < 1.29 is 19.0 Å². The monoisotopic (exact) mass is 349 g/mol. The Morgan fingerprint density at radius 1 is 1.28 bits per heavy atom. The summed E-state index contributed by atoms with van der Waals surface area (Å²) in [5.41, 5.74) is 1.02. The Labute approximate surface area is 148 Å². The first kappa shape index (κ1) is 18.1. The summed E-state index contributed by atoms with van der Waals surface area (Å²) < 4.78 is 16.5. The highest BCUT2D eigenvalue weighted by atomic mass is 16.5. The highest BCUT2D eigenvalue weighted by molar-refractivity contribution is 5.81. The maximum atomic E-state index is 12.1. The first-order chi connectivity index (χ1) is 12.3. The molecule has 1 aromatic carbocycles. The van der Waals surface area contributed by atoms with Gasteiger partial charge in [0.05, 0.1) is 26.4 Å². The number of carbonyl (C=O) groups excluding carboxylic acids is 1. The van der Waals surface area contributed by atoms with Gasteiger partial charge < -0.3 is 24.8 Å². The van der Waals surface area contributed by atoms with E-state index >= 15 is 0 Å². The fraction of sp³-hybridized carbons (Fsp3) is 0.611. The van der Waals surface area contributed by atoms with E-state index in [1.807, 2.05) is 24.3 Å². The van der Waals surface area contributed by atoms with E-state index < -0.39 is 0 Å². The smallest absolute Gasteiger partial charge is 0.239 e. The van der Waals surface area contributed by atoms with Crippen molar-refractivity contribution in [2.45, 2.75) is 12.6 Å². The van der Waals surface area contributed by atoms with Crippen LogP contribution in [0.1, 0.15) is 5.56 Å². The Hall–Kier alpha value is -1.67. The molecule has 1 aromatic rings. The van der Waals surface area contributed by atoms with Crippen LogP contribution in [-0.4, -0.2) is 76.1 Å². The third-order valence-corrected chi connectivity index (χ3v) is 4.38. The molecule has 138 valence electrons. The maximum absolute atomic E-state index is 12.1. The van der Waals surface area contributed by atoms with Crippen LogP contribution in [0.25, 0.3) is 0 Å². The number of hydrogen-bond acceptors (Lipinski definition) is 6. The van der Waals surface area contributed by atoms with Crippen LogP contribution in [0.3, 0.4) is 0 Å². The molecule has 2 saturated heterocycles. The second-order valence-electron chi connectivity index (χ2n) is 6.25. The molecule has 0 bridgehead atoms. The Balaban J connectivity index is 1.40. The van der Waals surface area contributed by atoms with Gasteiger partial charge in [0.25, 0.3) is 0 Å². The molecule has 0 radical (unpaired) electrons. The molecule has 1 atom stereocenters. The summed E-state index contributed by atoms with van der Waals surface area (Å²) >= 11 is 0. The molecule has 2 aliphatic rings. The molecule has 3 rings (SSSR count). The lowest BCUT2D eigenvalue weighted by Gasteiger charge is -2.26. The van der Waals surface area contributed by atoms with E-state index in [0.717, 1.165) is 44.2 Å². The Morgan fingerprint density at radius 3 is 2.96 bits per heavy atom. The average molecular weight is 349 g/mol. The van der Waals surface area contributed by atoms with E-state index in [0.29, 0.717) is 32.9 Å². The summed E-state index contributed by atoms with van der Waals surface area (Å²) in [4.78, 5) is 14.4. The number of nitrogens with one attached hydrogen (secondary N) is 2. The summed E-state index contributed by atoms with van der Waals surface area (Å²) in [6, 6.07) is 7.60. The van der Waals surface area contributed by atoms with Gasteiger partial charge in [0, 0.05) is 32.7 Å². The van der Waals surface area contributed by atoms with E-state index in [9.17, 15) is 4.79 Å². The maximum Gasteiger partial charge on any atom is 0.239 e. The molecule has 0 aromatic heterocycles. The molecular weight excluding hydrogens is 322 g/mol. The second kappa shape index (κ2) is 9.72. The molecule has 0 saturated carbocycles. The van der Waals surface area contributed by atoms with Crippen molar-refractivity contribution in [3.63, 3.8) is 0 Å². The molecule has 2 N–H and O–H groups in total. The first-order valence-electron chi connectivity index (χ1n) is 8.92. The number of amides is 1. The molecule has 2 fully saturated rings. The van der Waals surface area contributed by atoms with Crippen LogP contribution in [-0.2, 0) is 20.8 Å². The number of nitrogens with zero attached hydrogens (tertiary/aromatic N) is 1. The fourth-order valence-electron chi connectivity index (χ4n) is 2.91. The van der Waals surface area contributed by atoms with Crippen molar-refractivity contribution in [1.29, 1.82) is 0 Å². The third-order valence-electron chi connectivity index (χ3n) is 4.38. The molecule has 2 aliphatic heterocycles. The molecule has 25 heavy (non-hydrogen) atoms. The lowest BCUT2D eigenvalue weighted by atomic mass is 10.2. The molecule has 0 aliphatic carbocycles.